The molecule has 1 saturated heterocycles. The number of carboxylic acid groups (broad SMARTS) is 4. The van der Waals surface area contributed by atoms with Gasteiger partial charge in [0, 0.05) is 95.3 Å². The monoisotopic (exact) mass is 1450 g/mol. The number of carbonyl (C=O) groups is 12. The first kappa shape index (κ1) is 83.3. The third-order valence-corrected chi connectivity index (χ3v) is 16.7. The third kappa shape index (κ3) is 32.5. The summed E-state index contributed by atoms with van der Waals surface area (Å²) in [5, 5.41) is 67.3. The Balaban J connectivity index is 1.08. The second-order valence-electron chi connectivity index (χ2n) is 24.0. The van der Waals surface area contributed by atoms with Gasteiger partial charge in [0.15, 0.2) is 0 Å². The number of hydrogen-bond donors (Lipinski definition) is 14. The van der Waals surface area contributed by atoms with E-state index >= 15 is 0 Å². The highest BCUT2D eigenvalue weighted by atomic mass is 32.2. The molecule has 0 bridgehead atoms. The highest BCUT2D eigenvalue weighted by Gasteiger charge is 2.34. The van der Waals surface area contributed by atoms with Gasteiger partial charge >= 0.3 is 29.8 Å². The van der Waals surface area contributed by atoms with E-state index in [4.69, 9.17) is 24.7 Å². The summed E-state index contributed by atoms with van der Waals surface area (Å²) in [6.07, 6.45) is 2.24. The number of nitrogens with one attached hydrogen (secondary N) is 8. The van der Waals surface area contributed by atoms with Gasteiger partial charge in [0.05, 0.1) is 84.8 Å². The van der Waals surface area contributed by atoms with Crippen molar-refractivity contribution in [2.75, 3.05) is 150 Å². The minimum Gasteiger partial charge on any atom is -0.508 e. The molecule has 1 aromatic heterocycles. The number of fused-ring (bicyclic) bond motifs is 1. The van der Waals surface area contributed by atoms with Crippen LogP contribution in [0.2, 0.25) is 0 Å². The van der Waals surface area contributed by atoms with Crippen LogP contribution >= 0.6 is 11.8 Å². The van der Waals surface area contributed by atoms with Crippen molar-refractivity contribution in [3.8, 4) is 5.75 Å². The number of amides is 7. The van der Waals surface area contributed by atoms with Crippen molar-refractivity contribution in [3.05, 3.63) is 102 Å². The van der Waals surface area contributed by atoms with E-state index in [1.807, 2.05) is 0 Å². The summed E-state index contributed by atoms with van der Waals surface area (Å²) < 4.78 is 22.1. The number of aromatic hydroxyl groups is 1. The van der Waals surface area contributed by atoms with Crippen LogP contribution in [0.4, 0.5) is 0 Å². The van der Waals surface area contributed by atoms with Crippen molar-refractivity contribution in [1.82, 2.24) is 61.8 Å². The number of carboxylic acids is 4. The van der Waals surface area contributed by atoms with Gasteiger partial charge in [-0.3, -0.25) is 77.1 Å². The Morgan fingerprint density at radius 2 is 0.990 bits per heavy atom. The molecule has 0 aliphatic carbocycles. The lowest BCUT2D eigenvalue weighted by Gasteiger charge is -2.32. The third-order valence-electron chi connectivity index (χ3n) is 16.1. The van der Waals surface area contributed by atoms with Gasteiger partial charge in [0.1, 0.15) is 42.6 Å². The van der Waals surface area contributed by atoms with E-state index in [1.165, 1.54) is 23.9 Å². The number of aromatic nitrogens is 1. The zero-order valence-electron chi connectivity index (χ0n) is 57.2. The maximum Gasteiger partial charge on any atom is 0.320 e. The summed E-state index contributed by atoms with van der Waals surface area (Å²) >= 11 is 1.33. The van der Waals surface area contributed by atoms with E-state index in [0.29, 0.717) is 27.8 Å². The Bertz CT molecular complexity index is 3340. The Morgan fingerprint density at radius 1 is 0.520 bits per heavy atom. The summed E-state index contributed by atoms with van der Waals surface area (Å²) in [4.78, 5) is 166. The molecule has 560 valence electrons. The number of nitrogens with zero attached hydrogens (tertiary/aromatic N) is 4. The van der Waals surface area contributed by atoms with Gasteiger partial charge in [0.25, 0.3) is 0 Å². The zero-order valence-corrected chi connectivity index (χ0v) is 58.0. The summed E-state index contributed by atoms with van der Waals surface area (Å²) in [5.41, 5.74) is 8.10. The van der Waals surface area contributed by atoms with Crippen LogP contribution < -0.4 is 43.0 Å². The number of hydrogen-bond acceptors (Lipinski definition) is 23. The molecule has 0 spiro atoms. The van der Waals surface area contributed by atoms with E-state index in [0.717, 1.165) is 5.52 Å². The van der Waals surface area contributed by atoms with Gasteiger partial charge in [-0.05, 0) is 60.2 Å². The average molecular weight is 1450 g/mol. The number of H-pyrrole nitrogens is 1. The number of thioether (sulfide) groups is 1. The second kappa shape index (κ2) is 45.5. The maximum atomic E-state index is 14.5. The summed E-state index contributed by atoms with van der Waals surface area (Å²) in [5.74, 6) is -10.9. The normalized spacial score (nSPS) is 15.3. The van der Waals surface area contributed by atoms with E-state index in [1.54, 1.807) is 106 Å². The fourth-order valence-electron chi connectivity index (χ4n) is 10.6. The molecule has 3 aromatic carbocycles. The molecule has 1 aliphatic rings. The molecule has 34 nitrogen and oxygen atoms in total. The van der Waals surface area contributed by atoms with Crippen LogP contribution in [0.3, 0.4) is 0 Å². The Labute approximate surface area is 593 Å². The first-order valence-corrected chi connectivity index (χ1v) is 34.6. The molecule has 6 atom stereocenters. The van der Waals surface area contributed by atoms with Crippen molar-refractivity contribution in [2.24, 2.45) is 5.73 Å². The second-order valence-corrected chi connectivity index (χ2v) is 25.0. The molecule has 2 heterocycles. The van der Waals surface area contributed by atoms with Gasteiger partial charge in [-0.25, -0.2) is 0 Å². The van der Waals surface area contributed by atoms with Crippen LogP contribution in [-0.4, -0.2) is 307 Å². The molecule has 0 radical (unpaired) electrons. The van der Waals surface area contributed by atoms with Crippen molar-refractivity contribution >= 4 is 93.9 Å². The molecular weight excluding hydrogens is 1350 g/mol. The van der Waals surface area contributed by atoms with Crippen LogP contribution in [0.1, 0.15) is 36.5 Å². The molecular formula is C67H95N13O21S. The SMILES string of the molecule is CSCC[C@H](NC(=O)[C@H](Cc1c[nH]c2ccccc12)NC(=O)CNC(=O)[C@H](Cc1ccc(O)cc1)NC(=O)[C@H](C)NCCOCCOCCOCCOC(=O)CN1CCN(CC(=O)O)CCN(CC(=O)O)CCN(CC(=O)O)CC1)C(=O)N[C@@H](CC(=O)O)C(=O)N[C@@H](Cc1ccccc1)C(N)=O. The highest BCUT2D eigenvalue weighted by Crippen LogP contribution is 2.20. The quantitative estimate of drug-likeness (QED) is 0.0157. The highest BCUT2D eigenvalue weighted by molar-refractivity contribution is 7.98. The number of esters is 1. The molecule has 102 heavy (non-hydrogen) atoms. The number of ether oxygens (including phenoxy) is 4. The minimum absolute atomic E-state index is 0.0160. The van der Waals surface area contributed by atoms with Gasteiger partial charge < -0.3 is 92.4 Å². The first-order valence-electron chi connectivity index (χ1n) is 33.2. The van der Waals surface area contributed by atoms with Gasteiger partial charge in [0.2, 0.25) is 41.4 Å². The Hall–Kier alpha value is -9.33. The number of nitrogens with two attached hydrogens (primary N) is 1. The number of benzene rings is 3. The number of rotatable bonds is 45. The molecule has 15 N–H and O–H groups in total. The largest absolute Gasteiger partial charge is 0.508 e. The number of para-hydroxylation sites is 1. The fourth-order valence-corrected chi connectivity index (χ4v) is 11.1. The topological polar surface area (TPSA) is 482 Å². The molecule has 0 unspecified atom stereocenters. The molecule has 5 rings (SSSR count). The van der Waals surface area contributed by atoms with Crippen LogP contribution in [0.15, 0.2) is 85.1 Å². The maximum absolute atomic E-state index is 14.5. The lowest BCUT2D eigenvalue weighted by Crippen LogP contribution is -2.59. The van der Waals surface area contributed by atoms with Crippen LogP contribution in [0, 0.1) is 0 Å². The number of carbonyl (C=O) groups excluding carboxylic acids is 8. The van der Waals surface area contributed by atoms with Crippen LogP contribution in [-0.2, 0) is 95.7 Å². The van der Waals surface area contributed by atoms with E-state index < -0.39 is 120 Å². The van der Waals surface area contributed by atoms with Crippen molar-refractivity contribution in [3.63, 3.8) is 0 Å². The summed E-state index contributed by atoms with van der Waals surface area (Å²) in [7, 11) is 0. The number of phenols is 1. The number of aromatic amines is 1. The summed E-state index contributed by atoms with van der Waals surface area (Å²) in [6.45, 7) is 2.86. The fraction of sp³-hybridized carbons (Fsp3) is 0.522. The molecule has 7 amide bonds. The van der Waals surface area contributed by atoms with E-state index in [9.17, 15) is 83.1 Å². The number of phenolic OH excluding ortho intramolecular Hbond substituents is 1. The van der Waals surface area contributed by atoms with Crippen molar-refractivity contribution < 1.29 is 102 Å². The van der Waals surface area contributed by atoms with Gasteiger partial charge in [-0.15, -0.1) is 0 Å². The standard InChI is InChI=1S/C67H95N13O21S/c1-44(69-17-26-98-27-28-99-29-30-100-31-32-101-61(91)43-80-24-22-78(41-59(87)88)20-18-77(40-58(85)86)19-21-79(23-25-80)42-60(89)90)63(93)75-53(35-46-12-14-48(81)15-13-46)64(94)71-39-56(82)72-54(36-47-38-70-50-11-7-6-10-49(47)50)66(96)73-51(16-33-102-2)65(95)76-55(37-57(83)84)67(97)74-52(62(68)92)34-45-8-4-3-5-9-45/h3-15,38,44,51-55,69-70,81H,16-37,39-43H2,1-2H3,(H2,68,92)(H,71,94)(H,72,82)(H,73,96)(H,74,97)(H,75,93)(H,76,95)(H,83,84)(H,85,86)(H,87,88)(H,89,90)/t44-,51-,52-,53-,54-,55-/m0/s1. The molecule has 1 fully saturated rings. The van der Waals surface area contributed by atoms with Crippen LogP contribution in [0.5, 0.6) is 5.75 Å². The van der Waals surface area contributed by atoms with E-state index in [2.05, 4.69) is 42.2 Å². The van der Waals surface area contributed by atoms with Crippen LogP contribution in [0.25, 0.3) is 10.9 Å². The molecule has 35 heteroatoms. The van der Waals surface area contributed by atoms with E-state index in [-0.39, 0.29) is 163 Å². The van der Waals surface area contributed by atoms with Crippen molar-refractivity contribution in [1.29, 1.82) is 0 Å². The Kier molecular flexibility index (Phi) is 37.2. The smallest absolute Gasteiger partial charge is 0.320 e. The average Bonchev–Trinajstić information content (AvgIpc) is 1.64. The lowest BCUT2D eigenvalue weighted by atomic mass is 10.0. The number of aliphatic carboxylic acids is 4. The lowest BCUT2D eigenvalue weighted by molar-refractivity contribution is -0.147. The summed E-state index contributed by atoms with van der Waals surface area (Å²) in [6, 6.07) is 13.8. The molecule has 0 saturated carbocycles. The minimum atomic E-state index is -1.72. The molecule has 1 aliphatic heterocycles. The number of primary amides is 1. The Morgan fingerprint density at radius 3 is 1.55 bits per heavy atom. The molecule has 4 aromatic rings. The van der Waals surface area contributed by atoms with Gasteiger partial charge in [-0.2, -0.15) is 11.8 Å². The predicted molar refractivity (Wildman–Crippen MR) is 371 cm³/mol. The van der Waals surface area contributed by atoms with Gasteiger partial charge in [-0.1, -0.05) is 60.7 Å². The zero-order chi connectivity index (χ0) is 74.3. The predicted octanol–water partition coefficient (Wildman–Crippen LogP) is -2.80. The van der Waals surface area contributed by atoms with Crippen molar-refractivity contribution in [2.45, 2.75) is 75.3 Å². The first-order chi connectivity index (χ1) is 48.8.